The first kappa shape index (κ1) is 12.7. The zero-order chi connectivity index (χ0) is 13.0. The molecule has 1 saturated heterocycles. The lowest BCUT2D eigenvalue weighted by Crippen LogP contribution is -2.37. The maximum atomic E-state index is 11.8. The number of amides is 2. The molecule has 0 aromatic carbocycles. The summed E-state index contributed by atoms with van der Waals surface area (Å²) in [5.41, 5.74) is 0.883. The van der Waals surface area contributed by atoms with E-state index in [1.165, 1.54) is 0 Å². The first-order valence-corrected chi connectivity index (χ1v) is 6.33. The van der Waals surface area contributed by atoms with Gasteiger partial charge in [0.15, 0.2) is 0 Å². The molecule has 1 aromatic heterocycles. The molecule has 2 rings (SSSR count). The summed E-state index contributed by atoms with van der Waals surface area (Å²) in [5, 5.41) is 2.91. The van der Waals surface area contributed by atoms with Gasteiger partial charge in [0.1, 0.15) is 5.82 Å². The van der Waals surface area contributed by atoms with Crippen LogP contribution in [-0.2, 0) is 6.54 Å². The third kappa shape index (κ3) is 3.12. The highest BCUT2D eigenvalue weighted by molar-refractivity contribution is 5.74. The highest BCUT2D eigenvalue weighted by atomic mass is 16.2. The molecule has 0 bridgehead atoms. The number of nitrogens with zero attached hydrogens (tertiary/aromatic N) is 3. The molecular weight excluding hydrogens is 228 g/mol. The second kappa shape index (κ2) is 5.71. The Morgan fingerprint density at radius 2 is 2.11 bits per heavy atom. The summed E-state index contributed by atoms with van der Waals surface area (Å²) < 4.78 is 0. The van der Waals surface area contributed by atoms with E-state index in [-0.39, 0.29) is 6.03 Å². The number of carbonyl (C=O) groups is 1. The number of carbonyl (C=O) groups excluding carboxylic acids is 1. The van der Waals surface area contributed by atoms with Gasteiger partial charge in [-0.25, -0.2) is 9.78 Å². The van der Waals surface area contributed by atoms with Gasteiger partial charge >= 0.3 is 6.03 Å². The summed E-state index contributed by atoms with van der Waals surface area (Å²) in [6.07, 6.45) is 2.23. The van der Waals surface area contributed by atoms with Crippen molar-refractivity contribution in [1.82, 2.24) is 15.2 Å². The van der Waals surface area contributed by atoms with Crippen LogP contribution in [0.3, 0.4) is 0 Å². The van der Waals surface area contributed by atoms with E-state index in [0.717, 1.165) is 37.4 Å². The van der Waals surface area contributed by atoms with Gasteiger partial charge in [-0.15, -0.1) is 0 Å². The number of hydrogen-bond acceptors (Lipinski definition) is 3. The van der Waals surface area contributed by atoms with Crippen molar-refractivity contribution in [1.29, 1.82) is 0 Å². The van der Waals surface area contributed by atoms with E-state index >= 15 is 0 Å². The van der Waals surface area contributed by atoms with Gasteiger partial charge in [-0.1, -0.05) is 6.07 Å². The first-order valence-electron chi connectivity index (χ1n) is 6.33. The largest absolute Gasteiger partial charge is 0.363 e. The van der Waals surface area contributed by atoms with Crippen molar-refractivity contribution in [3.63, 3.8) is 0 Å². The molecule has 0 aliphatic carbocycles. The van der Waals surface area contributed by atoms with Gasteiger partial charge in [-0.3, -0.25) is 0 Å². The first-order chi connectivity index (χ1) is 8.66. The molecule has 2 amide bonds. The quantitative estimate of drug-likeness (QED) is 0.881. The Morgan fingerprint density at radius 3 is 2.78 bits per heavy atom. The number of hydrogen-bond donors (Lipinski definition) is 1. The SMILES string of the molecule is CN(C)c1cccc(CNC(=O)N2CCCC2)n1. The Morgan fingerprint density at radius 1 is 1.39 bits per heavy atom. The molecular formula is C13H20N4O. The van der Waals surface area contributed by atoms with Crippen molar-refractivity contribution < 1.29 is 4.79 Å². The molecule has 1 fully saturated rings. The van der Waals surface area contributed by atoms with Crippen LogP contribution in [-0.4, -0.2) is 43.1 Å². The highest BCUT2D eigenvalue weighted by Crippen LogP contribution is 2.09. The lowest BCUT2D eigenvalue weighted by atomic mass is 10.3. The Balaban J connectivity index is 1.89. The third-order valence-corrected chi connectivity index (χ3v) is 3.06. The summed E-state index contributed by atoms with van der Waals surface area (Å²) in [4.78, 5) is 20.1. The Kier molecular flexibility index (Phi) is 4.02. The fourth-order valence-electron chi connectivity index (χ4n) is 2.01. The lowest BCUT2D eigenvalue weighted by molar-refractivity contribution is 0.208. The van der Waals surface area contributed by atoms with Gasteiger partial charge in [0, 0.05) is 27.2 Å². The van der Waals surface area contributed by atoms with E-state index in [1.807, 2.05) is 42.1 Å². The fraction of sp³-hybridized carbons (Fsp3) is 0.538. The second-order valence-electron chi connectivity index (χ2n) is 4.73. The van der Waals surface area contributed by atoms with E-state index in [1.54, 1.807) is 0 Å². The average molecular weight is 248 g/mol. The molecule has 0 radical (unpaired) electrons. The van der Waals surface area contributed by atoms with Crippen molar-refractivity contribution in [3.8, 4) is 0 Å². The van der Waals surface area contributed by atoms with E-state index in [4.69, 9.17) is 0 Å². The molecule has 1 aromatic rings. The van der Waals surface area contributed by atoms with E-state index < -0.39 is 0 Å². The van der Waals surface area contributed by atoms with Crippen LogP contribution in [0.1, 0.15) is 18.5 Å². The molecule has 98 valence electrons. The summed E-state index contributed by atoms with van der Waals surface area (Å²) in [5.74, 6) is 0.905. The molecule has 0 atom stereocenters. The van der Waals surface area contributed by atoms with Crippen LogP contribution in [0.5, 0.6) is 0 Å². The highest BCUT2D eigenvalue weighted by Gasteiger charge is 2.17. The average Bonchev–Trinajstić information content (AvgIpc) is 2.90. The number of rotatable bonds is 3. The summed E-state index contributed by atoms with van der Waals surface area (Å²) in [6.45, 7) is 2.23. The molecule has 0 saturated carbocycles. The zero-order valence-corrected chi connectivity index (χ0v) is 11.0. The lowest BCUT2D eigenvalue weighted by Gasteiger charge is -2.16. The van der Waals surface area contributed by atoms with Gasteiger partial charge in [0.05, 0.1) is 12.2 Å². The Hall–Kier alpha value is -1.78. The Bertz CT molecular complexity index is 413. The van der Waals surface area contributed by atoms with Gasteiger partial charge in [0.25, 0.3) is 0 Å². The van der Waals surface area contributed by atoms with Crippen molar-refractivity contribution >= 4 is 11.8 Å². The maximum absolute atomic E-state index is 11.8. The molecule has 5 heteroatoms. The van der Waals surface area contributed by atoms with Crippen molar-refractivity contribution in [2.75, 3.05) is 32.1 Å². The molecule has 2 heterocycles. The van der Waals surface area contributed by atoms with Crippen LogP contribution in [0, 0.1) is 0 Å². The van der Waals surface area contributed by atoms with Crippen LogP contribution >= 0.6 is 0 Å². The van der Waals surface area contributed by atoms with Crippen LogP contribution < -0.4 is 10.2 Å². The summed E-state index contributed by atoms with van der Waals surface area (Å²) in [7, 11) is 3.91. The van der Waals surface area contributed by atoms with Gasteiger partial charge in [-0.05, 0) is 25.0 Å². The summed E-state index contributed by atoms with van der Waals surface area (Å²) in [6, 6.07) is 5.85. The van der Waals surface area contributed by atoms with Gasteiger partial charge in [0.2, 0.25) is 0 Å². The Labute approximate surface area is 108 Å². The number of likely N-dealkylation sites (tertiary alicyclic amines) is 1. The fourth-order valence-corrected chi connectivity index (χ4v) is 2.01. The molecule has 1 N–H and O–H groups in total. The number of pyridine rings is 1. The minimum absolute atomic E-state index is 0.0181. The van der Waals surface area contributed by atoms with Gasteiger partial charge in [-0.2, -0.15) is 0 Å². The van der Waals surface area contributed by atoms with Crippen molar-refractivity contribution in [2.24, 2.45) is 0 Å². The van der Waals surface area contributed by atoms with Crippen molar-refractivity contribution in [3.05, 3.63) is 23.9 Å². The predicted molar refractivity (Wildman–Crippen MR) is 71.6 cm³/mol. The van der Waals surface area contributed by atoms with Gasteiger partial charge < -0.3 is 15.1 Å². The molecule has 1 aliphatic rings. The standard InChI is InChI=1S/C13H20N4O/c1-16(2)12-7-5-6-11(15-12)10-14-13(18)17-8-3-4-9-17/h5-7H,3-4,8-10H2,1-2H3,(H,14,18). The molecule has 5 nitrogen and oxygen atoms in total. The monoisotopic (exact) mass is 248 g/mol. The smallest absolute Gasteiger partial charge is 0.317 e. The number of aromatic nitrogens is 1. The topological polar surface area (TPSA) is 48.5 Å². The normalized spacial score (nSPS) is 14.7. The van der Waals surface area contributed by atoms with Crippen molar-refractivity contribution in [2.45, 2.75) is 19.4 Å². The molecule has 1 aliphatic heterocycles. The van der Waals surface area contributed by atoms with E-state index in [0.29, 0.717) is 6.54 Å². The molecule has 0 unspecified atom stereocenters. The molecule has 0 spiro atoms. The number of anilines is 1. The predicted octanol–water partition coefficient (Wildman–Crippen LogP) is 1.45. The zero-order valence-electron chi connectivity index (χ0n) is 11.0. The third-order valence-electron chi connectivity index (χ3n) is 3.06. The van der Waals surface area contributed by atoms with Crippen LogP contribution in [0.4, 0.5) is 10.6 Å². The summed E-state index contributed by atoms with van der Waals surface area (Å²) >= 11 is 0. The number of urea groups is 1. The minimum atomic E-state index is 0.0181. The van der Waals surface area contributed by atoms with Crippen LogP contribution in [0.2, 0.25) is 0 Å². The van der Waals surface area contributed by atoms with E-state index in [2.05, 4.69) is 10.3 Å². The minimum Gasteiger partial charge on any atom is -0.363 e. The van der Waals surface area contributed by atoms with Crippen LogP contribution in [0.15, 0.2) is 18.2 Å². The van der Waals surface area contributed by atoms with Crippen LogP contribution in [0.25, 0.3) is 0 Å². The van der Waals surface area contributed by atoms with E-state index in [9.17, 15) is 4.79 Å². The second-order valence-corrected chi connectivity index (χ2v) is 4.73. The maximum Gasteiger partial charge on any atom is 0.317 e. The molecule has 18 heavy (non-hydrogen) atoms. The number of nitrogens with one attached hydrogen (secondary N) is 1.